The Hall–Kier alpha value is -2.48. The van der Waals surface area contributed by atoms with Crippen LogP contribution in [0.1, 0.15) is 39.0 Å². The Bertz CT molecular complexity index is 1170. The van der Waals surface area contributed by atoms with Crippen LogP contribution in [0.25, 0.3) is 22.4 Å². The molecule has 2 N–H and O–H groups in total. The third-order valence-corrected chi connectivity index (χ3v) is 6.27. The second-order valence-electron chi connectivity index (χ2n) is 8.88. The van der Waals surface area contributed by atoms with Crippen molar-refractivity contribution in [2.75, 3.05) is 6.26 Å². The minimum absolute atomic E-state index is 0.140. The summed E-state index contributed by atoms with van der Waals surface area (Å²) in [4.78, 5) is 0.140. The van der Waals surface area contributed by atoms with Crippen LogP contribution in [-0.4, -0.2) is 34.7 Å². The van der Waals surface area contributed by atoms with Crippen LogP contribution in [0, 0.1) is 5.92 Å². The molecule has 0 saturated heterocycles. The number of hydrogen-bond donors (Lipinski definition) is 2. The molecule has 0 spiro atoms. The van der Waals surface area contributed by atoms with Gasteiger partial charge in [0.05, 0.1) is 22.9 Å². The first kappa shape index (κ1) is 23.2. The van der Waals surface area contributed by atoms with Crippen molar-refractivity contribution >= 4 is 9.84 Å². The van der Waals surface area contributed by atoms with Gasteiger partial charge in [0.15, 0.2) is 9.84 Å². The number of hydrogen-bond acceptors (Lipinski definition) is 5. The van der Waals surface area contributed by atoms with Crippen LogP contribution in [0.4, 0.5) is 0 Å². The highest BCUT2D eigenvalue weighted by Gasteiger charge is 2.23. The molecule has 3 aromatic rings. The minimum Gasteiger partial charge on any atom is -0.392 e. The Morgan fingerprint density at radius 1 is 1.00 bits per heavy atom. The van der Waals surface area contributed by atoms with E-state index in [-0.39, 0.29) is 11.5 Å². The second kappa shape index (κ2) is 8.57. The van der Waals surface area contributed by atoms with Gasteiger partial charge in [-0.05, 0) is 54.2 Å². The summed E-state index contributed by atoms with van der Waals surface area (Å²) < 4.78 is 26.1. The van der Waals surface area contributed by atoms with Gasteiger partial charge in [0.1, 0.15) is 5.60 Å². The Labute approximate surface area is 184 Å². The maximum absolute atomic E-state index is 12.1. The monoisotopic (exact) mass is 442 g/mol. The third kappa shape index (κ3) is 5.23. The van der Waals surface area contributed by atoms with Crippen molar-refractivity contribution in [2.45, 2.75) is 51.3 Å². The van der Waals surface area contributed by atoms with Crippen molar-refractivity contribution in [3.63, 3.8) is 0 Å². The normalized spacial score (nSPS) is 12.5. The van der Waals surface area contributed by atoms with Gasteiger partial charge in [0.2, 0.25) is 0 Å². The minimum atomic E-state index is -3.45. The zero-order valence-electron chi connectivity index (χ0n) is 18.6. The quantitative estimate of drug-likeness (QED) is 0.577. The molecule has 0 unspecified atom stereocenters. The Morgan fingerprint density at radius 3 is 2.10 bits per heavy atom. The van der Waals surface area contributed by atoms with Gasteiger partial charge in [-0.2, -0.15) is 5.10 Å². The van der Waals surface area contributed by atoms with E-state index in [1.165, 1.54) is 0 Å². The fraction of sp³-hybridized carbons (Fsp3) is 0.375. The van der Waals surface area contributed by atoms with Crippen molar-refractivity contribution in [2.24, 2.45) is 5.92 Å². The molecular formula is C24H30N2O4S. The SMILES string of the molecule is CC(C)Cn1nc(C(C)(C)O)cc1-c1ccc(-c2ccc(CO)c(S(C)(=O)=O)c2)cc1. The van der Waals surface area contributed by atoms with Crippen LogP contribution in [0.2, 0.25) is 0 Å². The predicted molar refractivity (Wildman–Crippen MR) is 122 cm³/mol. The van der Waals surface area contributed by atoms with Crippen molar-refractivity contribution in [3.05, 3.63) is 59.8 Å². The standard InChI is InChI=1S/C24H30N2O4S/c1-16(2)14-26-21(13-23(25-26)24(3,4)28)18-8-6-17(7-9-18)19-10-11-20(15-27)22(12-19)31(5,29)30/h6-13,16,27-28H,14-15H2,1-5H3. The molecule has 166 valence electrons. The molecule has 0 aliphatic rings. The number of aliphatic hydroxyl groups is 2. The molecule has 1 heterocycles. The zero-order chi connectivity index (χ0) is 23.0. The molecule has 0 saturated carbocycles. The van der Waals surface area contributed by atoms with Gasteiger partial charge in [-0.1, -0.05) is 50.2 Å². The summed E-state index contributed by atoms with van der Waals surface area (Å²) in [5.74, 6) is 0.395. The summed E-state index contributed by atoms with van der Waals surface area (Å²) in [6.07, 6.45) is 1.14. The van der Waals surface area contributed by atoms with Gasteiger partial charge in [0, 0.05) is 12.8 Å². The topological polar surface area (TPSA) is 92.4 Å². The van der Waals surface area contributed by atoms with E-state index >= 15 is 0 Å². The van der Waals surface area contributed by atoms with E-state index in [2.05, 4.69) is 18.9 Å². The first-order chi connectivity index (χ1) is 14.4. The molecule has 1 aromatic heterocycles. The molecule has 6 nitrogen and oxygen atoms in total. The van der Waals surface area contributed by atoms with Crippen LogP contribution < -0.4 is 0 Å². The largest absolute Gasteiger partial charge is 0.392 e. The first-order valence-electron chi connectivity index (χ1n) is 10.3. The Morgan fingerprint density at radius 2 is 1.58 bits per heavy atom. The van der Waals surface area contributed by atoms with Crippen LogP contribution in [0.3, 0.4) is 0 Å². The zero-order valence-corrected chi connectivity index (χ0v) is 19.4. The summed E-state index contributed by atoms with van der Waals surface area (Å²) in [5.41, 5.74) is 3.48. The van der Waals surface area contributed by atoms with Gasteiger partial charge >= 0.3 is 0 Å². The first-order valence-corrected chi connectivity index (χ1v) is 12.1. The van der Waals surface area contributed by atoms with Crippen LogP contribution in [0.5, 0.6) is 0 Å². The molecule has 0 amide bonds. The average Bonchev–Trinajstić information content (AvgIpc) is 3.10. The molecule has 0 bridgehead atoms. The van der Waals surface area contributed by atoms with E-state index in [0.29, 0.717) is 17.2 Å². The van der Waals surface area contributed by atoms with E-state index in [9.17, 15) is 18.6 Å². The lowest BCUT2D eigenvalue weighted by atomic mass is 10.0. The van der Waals surface area contributed by atoms with Crippen molar-refractivity contribution in [1.29, 1.82) is 0 Å². The van der Waals surface area contributed by atoms with E-state index in [1.807, 2.05) is 41.1 Å². The smallest absolute Gasteiger partial charge is 0.175 e. The van der Waals surface area contributed by atoms with Gasteiger partial charge in [0.25, 0.3) is 0 Å². The maximum Gasteiger partial charge on any atom is 0.175 e. The summed E-state index contributed by atoms with van der Waals surface area (Å²) >= 11 is 0. The number of sulfone groups is 1. The van der Waals surface area contributed by atoms with Gasteiger partial charge in [-0.25, -0.2) is 8.42 Å². The Kier molecular flexibility index (Phi) is 6.41. The Balaban J connectivity index is 2.02. The summed E-state index contributed by atoms with van der Waals surface area (Å²) in [6.45, 7) is 8.08. The molecule has 0 atom stereocenters. The maximum atomic E-state index is 12.1. The number of rotatable bonds is 7. The number of aliphatic hydroxyl groups excluding tert-OH is 1. The summed E-state index contributed by atoms with van der Waals surface area (Å²) in [5, 5.41) is 24.5. The summed E-state index contributed by atoms with van der Waals surface area (Å²) in [7, 11) is -3.45. The van der Waals surface area contributed by atoms with Gasteiger partial charge in [-0.3, -0.25) is 4.68 Å². The molecule has 31 heavy (non-hydrogen) atoms. The fourth-order valence-electron chi connectivity index (χ4n) is 3.48. The molecular weight excluding hydrogens is 412 g/mol. The van der Waals surface area contributed by atoms with Gasteiger partial charge in [-0.15, -0.1) is 0 Å². The van der Waals surface area contributed by atoms with Crippen molar-refractivity contribution < 1.29 is 18.6 Å². The second-order valence-corrected chi connectivity index (χ2v) is 10.9. The highest BCUT2D eigenvalue weighted by atomic mass is 32.2. The third-order valence-electron chi connectivity index (χ3n) is 5.10. The molecule has 0 radical (unpaired) electrons. The number of aromatic nitrogens is 2. The number of nitrogens with zero attached hydrogens (tertiary/aromatic N) is 2. The average molecular weight is 443 g/mol. The molecule has 2 aromatic carbocycles. The van der Waals surface area contributed by atoms with E-state index in [1.54, 1.807) is 26.0 Å². The molecule has 3 rings (SSSR count). The summed E-state index contributed by atoms with van der Waals surface area (Å²) in [6, 6.07) is 14.8. The fourth-order valence-corrected chi connectivity index (χ4v) is 4.43. The van der Waals surface area contributed by atoms with Crippen LogP contribution in [-0.2, 0) is 28.6 Å². The molecule has 0 aliphatic heterocycles. The molecule has 0 fully saturated rings. The predicted octanol–water partition coefficient (Wildman–Crippen LogP) is 4.00. The van der Waals surface area contributed by atoms with E-state index in [0.717, 1.165) is 35.2 Å². The van der Waals surface area contributed by atoms with Crippen LogP contribution >= 0.6 is 0 Å². The highest BCUT2D eigenvalue weighted by molar-refractivity contribution is 7.90. The lowest BCUT2D eigenvalue weighted by molar-refractivity contribution is 0.0729. The van der Waals surface area contributed by atoms with Crippen LogP contribution in [0.15, 0.2) is 53.4 Å². The van der Waals surface area contributed by atoms with Gasteiger partial charge < -0.3 is 10.2 Å². The van der Waals surface area contributed by atoms with E-state index < -0.39 is 15.4 Å². The lowest BCUT2D eigenvalue weighted by Gasteiger charge is -2.13. The van der Waals surface area contributed by atoms with Crippen molar-refractivity contribution in [1.82, 2.24) is 9.78 Å². The number of benzene rings is 2. The van der Waals surface area contributed by atoms with E-state index in [4.69, 9.17) is 0 Å². The molecule has 0 aliphatic carbocycles. The molecule has 7 heteroatoms. The van der Waals surface area contributed by atoms with Crippen molar-refractivity contribution in [3.8, 4) is 22.4 Å². The highest BCUT2D eigenvalue weighted by Crippen LogP contribution is 2.30. The lowest BCUT2D eigenvalue weighted by Crippen LogP contribution is -2.17.